The van der Waals surface area contributed by atoms with E-state index in [9.17, 15) is 9.59 Å². The molecule has 2 amide bonds. The van der Waals surface area contributed by atoms with Gasteiger partial charge in [-0.15, -0.1) is 0 Å². The molecule has 0 aliphatic heterocycles. The number of para-hydroxylation sites is 1. The zero-order valence-electron chi connectivity index (χ0n) is 12.6. The van der Waals surface area contributed by atoms with Gasteiger partial charge in [-0.2, -0.15) is 0 Å². The summed E-state index contributed by atoms with van der Waals surface area (Å²) in [5.41, 5.74) is 1.30. The lowest BCUT2D eigenvalue weighted by Gasteiger charge is -2.11. The lowest BCUT2D eigenvalue weighted by molar-refractivity contribution is 0.0938. The van der Waals surface area contributed by atoms with Gasteiger partial charge in [0.2, 0.25) is 0 Å². The quantitative estimate of drug-likeness (QED) is 0.799. The summed E-state index contributed by atoms with van der Waals surface area (Å²) in [4.78, 5) is 24.4. The smallest absolute Gasteiger partial charge is 0.255 e. The van der Waals surface area contributed by atoms with E-state index in [1.165, 1.54) is 0 Å². The number of hydrogen-bond donors (Lipinski definition) is 2. The number of carbonyl (C=O) groups excluding carboxylic acids is 2. The number of halogens is 1. The molecule has 2 rings (SSSR count). The van der Waals surface area contributed by atoms with Crippen LogP contribution in [0.2, 0.25) is 5.02 Å². The third-order valence-electron chi connectivity index (χ3n) is 3.12. The lowest BCUT2D eigenvalue weighted by Crippen LogP contribution is -2.28. The highest BCUT2D eigenvalue weighted by Crippen LogP contribution is 2.17. The molecule has 0 heterocycles. The van der Waals surface area contributed by atoms with E-state index in [1.54, 1.807) is 55.6 Å². The van der Waals surface area contributed by atoms with Crippen molar-refractivity contribution in [3.05, 3.63) is 64.7 Å². The zero-order valence-corrected chi connectivity index (χ0v) is 13.4. The van der Waals surface area contributed by atoms with Crippen molar-refractivity contribution >= 4 is 29.1 Å². The van der Waals surface area contributed by atoms with Crippen molar-refractivity contribution in [1.82, 2.24) is 5.32 Å². The van der Waals surface area contributed by atoms with Gasteiger partial charge in [0.25, 0.3) is 11.8 Å². The first-order valence-electron chi connectivity index (χ1n) is 7.05. The van der Waals surface area contributed by atoms with Gasteiger partial charge in [0.15, 0.2) is 0 Å². The molecule has 0 fully saturated rings. The average Bonchev–Trinajstić information content (AvgIpc) is 2.56. The van der Waals surface area contributed by atoms with Crippen LogP contribution < -0.4 is 10.6 Å². The van der Waals surface area contributed by atoms with Crippen LogP contribution in [0.3, 0.4) is 0 Å². The standard InChI is InChI=1S/C17H17ClN2O3/c1-23-11-10-19-17(22)14-4-2-3-5-15(14)20-16(21)12-6-8-13(18)9-7-12/h2-9H,10-11H2,1H3,(H,19,22)(H,20,21). The Morgan fingerprint density at radius 2 is 1.74 bits per heavy atom. The number of rotatable bonds is 6. The van der Waals surface area contributed by atoms with E-state index >= 15 is 0 Å². The third-order valence-corrected chi connectivity index (χ3v) is 3.37. The van der Waals surface area contributed by atoms with E-state index in [1.807, 2.05) is 0 Å². The molecule has 0 aromatic heterocycles. The van der Waals surface area contributed by atoms with Crippen LogP contribution in [-0.2, 0) is 4.74 Å². The Morgan fingerprint density at radius 3 is 2.43 bits per heavy atom. The first-order valence-corrected chi connectivity index (χ1v) is 7.42. The molecule has 2 aromatic carbocycles. The van der Waals surface area contributed by atoms with Crippen LogP contribution in [0.25, 0.3) is 0 Å². The molecule has 0 atom stereocenters. The molecule has 0 aliphatic rings. The number of amides is 2. The molecular formula is C17H17ClN2O3. The van der Waals surface area contributed by atoms with Crippen LogP contribution in [0.4, 0.5) is 5.69 Å². The summed E-state index contributed by atoms with van der Waals surface area (Å²) in [6, 6.07) is 13.3. The van der Waals surface area contributed by atoms with Crippen molar-refractivity contribution < 1.29 is 14.3 Å². The van der Waals surface area contributed by atoms with Crippen molar-refractivity contribution in [1.29, 1.82) is 0 Å². The first kappa shape index (κ1) is 17.0. The number of methoxy groups -OCH3 is 1. The Labute approximate surface area is 139 Å². The summed E-state index contributed by atoms with van der Waals surface area (Å²) in [6.45, 7) is 0.819. The van der Waals surface area contributed by atoms with Gasteiger partial charge in [-0.25, -0.2) is 0 Å². The maximum absolute atomic E-state index is 12.3. The van der Waals surface area contributed by atoms with Crippen LogP contribution in [0.1, 0.15) is 20.7 Å². The molecule has 0 saturated carbocycles. The zero-order chi connectivity index (χ0) is 16.7. The molecule has 5 nitrogen and oxygen atoms in total. The van der Waals surface area contributed by atoms with Crippen LogP contribution >= 0.6 is 11.6 Å². The molecular weight excluding hydrogens is 316 g/mol. The Bertz CT molecular complexity index is 686. The van der Waals surface area contributed by atoms with Gasteiger partial charge in [0, 0.05) is 24.2 Å². The Balaban J connectivity index is 2.12. The molecule has 0 saturated heterocycles. The Kier molecular flexibility index (Phi) is 6.14. The third kappa shape index (κ3) is 4.81. The van der Waals surface area contributed by atoms with E-state index in [-0.39, 0.29) is 11.8 Å². The molecule has 0 unspecified atom stereocenters. The summed E-state index contributed by atoms with van der Waals surface area (Å²) in [5.74, 6) is -0.576. The van der Waals surface area contributed by atoms with Gasteiger partial charge in [-0.1, -0.05) is 23.7 Å². The Morgan fingerprint density at radius 1 is 1.04 bits per heavy atom. The van der Waals surface area contributed by atoms with E-state index < -0.39 is 0 Å². The Hall–Kier alpha value is -2.37. The van der Waals surface area contributed by atoms with E-state index in [0.717, 1.165) is 0 Å². The molecule has 0 aliphatic carbocycles. The second kappa shape index (κ2) is 8.31. The van der Waals surface area contributed by atoms with Crippen LogP contribution in [0.5, 0.6) is 0 Å². The van der Waals surface area contributed by atoms with Gasteiger partial charge < -0.3 is 15.4 Å². The maximum atomic E-state index is 12.3. The van der Waals surface area contributed by atoms with Gasteiger partial charge in [-0.05, 0) is 36.4 Å². The molecule has 2 aromatic rings. The average molecular weight is 333 g/mol. The van der Waals surface area contributed by atoms with Crippen LogP contribution in [0.15, 0.2) is 48.5 Å². The summed E-state index contributed by atoms with van der Waals surface area (Å²) >= 11 is 5.81. The predicted molar refractivity (Wildman–Crippen MR) is 90.1 cm³/mol. The molecule has 2 N–H and O–H groups in total. The van der Waals surface area contributed by atoms with E-state index in [2.05, 4.69) is 10.6 Å². The topological polar surface area (TPSA) is 67.4 Å². The number of ether oxygens (including phenoxy) is 1. The van der Waals surface area contributed by atoms with Crippen molar-refractivity contribution in [3.8, 4) is 0 Å². The van der Waals surface area contributed by atoms with Gasteiger partial charge in [0.1, 0.15) is 0 Å². The normalized spacial score (nSPS) is 10.2. The number of benzene rings is 2. The number of carbonyl (C=O) groups is 2. The number of nitrogens with one attached hydrogen (secondary N) is 2. The highest BCUT2D eigenvalue weighted by atomic mass is 35.5. The van der Waals surface area contributed by atoms with Crippen LogP contribution in [0, 0.1) is 0 Å². The number of hydrogen-bond acceptors (Lipinski definition) is 3. The molecule has 6 heteroatoms. The van der Waals surface area contributed by atoms with Crippen molar-refractivity contribution in [2.45, 2.75) is 0 Å². The fourth-order valence-electron chi connectivity index (χ4n) is 1.95. The van der Waals surface area contributed by atoms with Gasteiger partial charge in [-0.3, -0.25) is 9.59 Å². The van der Waals surface area contributed by atoms with Crippen molar-refractivity contribution in [2.75, 3.05) is 25.6 Å². The molecule has 23 heavy (non-hydrogen) atoms. The second-order valence-corrected chi connectivity index (χ2v) is 5.19. The molecule has 0 spiro atoms. The van der Waals surface area contributed by atoms with Gasteiger partial charge >= 0.3 is 0 Å². The summed E-state index contributed by atoms with van der Waals surface area (Å²) in [7, 11) is 1.56. The molecule has 120 valence electrons. The monoisotopic (exact) mass is 332 g/mol. The van der Waals surface area contributed by atoms with E-state index in [4.69, 9.17) is 16.3 Å². The highest BCUT2D eigenvalue weighted by molar-refractivity contribution is 6.30. The van der Waals surface area contributed by atoms with Crippen LogP contribution in [-0.4, -0.2) is 32.1 Å². The number of anilines is 1. The summed E-state index contributed by atoms with van der Waals surface area (Å²) in [6.07, 6.45) is 0. The highest BCUT2D eigenvalue weighted by Gasteiger charge is 2.13. The maximum Gasteiger partial charge on any atom is 0.255 e. The molecule has 0 radical (unpaired) electrons. The first-order chi connectivity index (χ1) is 11.1. The lowest BCUT2D eigenvalue weighted by atomic mass is 10.1. The largest absolute Gasteiger partial charge is 0.383 e. The second-order valence-electron chi connectivity index (χ2n) is 4.76. The minimum Gasteiger partial charge on any atom is -0.383 e. The summed E-state index contributed by atoms with van der Waals surface area (Å²) in [5, 5.41) is 6.03. The SMILES string of the molecule is COCCNC(=O)c1ccccc1NC(=O)c1ccc(Cl)cc1. The predicted octanol–water partition coefficient (Wildman–Crippen LogP) is 2.97. The summed E-state index contributed by atoms with van der Waals surface area (Å²) < 4.78 is 4.90. The van der Waals surface area contributed by atoms with E-state index in [0.29, 0.717) is 35.0 Å². The minimum atomic E-state index is -0.307. The molecule has 0 bridgehead atoms. The van der Waals surface area contributed by atoms with Gasteiger partial charge in [0.05, 0.1) is 17.9 Å². The fourth-order valence-corrected chi connectivity index (χ4v) is 2.07. The van der Waals surface area contributed by atoms with Crippen molar-refractivity contribution in [2.24, 2.45) is 0 Å². The van der Waals surface area contributed by atoms with Crippen molar-refractivity contribution in [3.63, 3.8) is 0 Å². The fraction of sp³-hybridized carbons (Fsp3) is 0.176. The minimum absolute atomic E-state index is 0.269.